The zero-order valence-electron chi connectivity index (χ0n) is 21.0. The van der Waals surface area contributed by atoms with E-state index >= 15 is 0 Å². The van der Waals surface area contributed by atoms with Gasteiger partial charge in [0, 0.05) is 27.3 Å². The van der Waals surface area contributed by atoms with Gasteiger partial charge in [0.1, 0.15) is 11.4 Å². The van der Waals surface area contributed by atoms with Gasteiger partial charge in [-0.3, -0.25) is 14.4 Å². The minimum atomic E-state index is -0.514. The minimum Gasteiger partial charge on any atom is -0.496 e. The van der Waals surface area contributed by atoms with Crippen LogP contribution in [0, 0.1) is 0 Å². The lowest BCUT2D eigenvalue weighted by atomic mass is 10.1. The summed E-state index contributed by atoms with van der Waals surface area (Å²) in [5.74, 6) is -0.287. The summed E-state index contributed by atoms with van der Waals surface area (Å²) >= 11 is 7.48. The molecular formula is C31H25ClN2O4S. The average Bonchev–Trinajstić information content (AvgIpc) is 2.96. The van der Waals surface area contributed by atoms with Crippen LogP contribution in [0.1, 0.15) is 26.3 Å². The molecule has 0 aliphatic rings. The van der Waals surface area contributed by atoms with Gasteiger partial charge >= 0.3 is 0 Å². The highest BCUT2D eigenvalue weighted by atomic mass is 35.5. The molecule has 0 unspecified atom stereocenters. The maximum absolute atomic E-state index is 13.4. The second kappa shape index (κ2) is 13.5. The lowest BCUT2D eigenvalue weighted by Gasteiger charge is -2.13. The first-order chi connectivity index (χ1) is 18.9. The third-order valence-electron chi connectivity index (χ3n) is 5.60. The predicted molar refractivity (Wildman–Crippen MR) is 156 cm³/mol. The molecule has 39 heavy (non-hydrogen) atoms. The molecule has 4 aromatic carbocycles. The Bertz CT molecular complexity index is 1520. The van der Waals surface area contributed by atoms with Crippen LogP contribution >= 0.6 is 23.4 Å². The number of benzene rings is 4. The maximum atomic E-state index is 13.4. The summed E-state index contributed by atoms with van der Waals surface area (Å²) in [5, 5.41) is 5.98. The molecule has 4 rings (SSSR count). The fraction of sp³-hybridized carbons (Fsp3) is 0.0645. The normalized spacial score (nSPS) is 11.0. The SMILES string of the molecule is COc1ccccc1/C=C(\NC(=O)c1ccccc1)C(=O)Nc1cccc(SCC(=O)c2ccccc2Cl)c1. The molecule has 8 heteroatoms. The van der Waals surface area contributed by atoms with Crippen LogP contribution < -0.4 is 15.4 Å². The van der Waals surface area contributed by atoms with E-state index in [1.165, 1.54) is 18.9 Å². The highest BCUT2D eigenvalue weighted by molar-refractivity contribution is 8.00. The molecule has 4 aromatic rings. The molecular weight excluding hydrogens is 532 g/mol. The molecule has 2 amide bonds. The Morgan fingerprint density at radius 1 is 0.872 bits per heavy atom. The van der Waals surface area contributed by atoms with Gasteiger partial charge in [-0.1, -0.05) is 66.2 Å². The number of para-hydroxylation sites is 1. The van der Waals surface area contributed by atoms with Gasteiger partial charge < -0.3 is 15.4 Å². The summed E-state index contributed by atoms with van der Waals surface area (Å²) < 4.78 is 5.41. The number of ether oxygens (including phenoxy) is 1. The third kappa shape index (κ3) is 7.60. The van der Waals surface area contributed by atoms with Crippen molar-refractivity contribution in [1.29, 1.82) is 0 Å². The van der Waals surface area contributed by atoms with Crippen LogP contribution in [-0.2, 0) is 4.79 Å². The molecule has 0 bridgehead atoms. The maximum Gasteiger partial charge on any atom is 0.272 e. The fourth-order valence-electron chi connectivity index (χ4n) is 3.66. The average molecular weight is 557 g/mol. The number of Topliss-reactive ketones (excluding diaryl/α,β-unsaturated/α-hetero) is 1. The van der Waals surface area contributed by atoms with Gasteiger partial charge in [-0.05, 0) is 54.6 Å². The number of nitrogens with one attached hydrogen (secondary N) is 2. The number of hydrogen-bond acceptors (Lipinski definition) is 5. The van der Waals surface area contributed by atoms with Crippen LogP contribution in [-0.4, -0.2) is 30.5 Å². The van der Waals surface area contributed by atoms with Gasteiger partial charge in [0.25, 0.3) is 11.8 Å². The van der Waals surface area contributed by atoms with Crippen LogP contribution in [0.25, 0.3) is 6.08 Å². The Kier molecular flexibility index (Phi) is 9.56. The molecule has 6 nitrogen and oxygen atoms in total. The standard InChI is InChI=1S/C31H25ClN2O4S/c1-38-29-17-8-5-12-22(29)18-27(34-30(36)21-10-3-2-4-11-21)31(37)33-23-13-9-14-24(19-23)39-20-28(35)25-15-6-7-16-26(25)32/h2-19H,20H2,1H3,(H,33,37)(H,34,36)/b27-18-. The number of anilines is 1. The Labute approximate surface area is 236 Å². The Hall–Kier alpha value is -4.33. The van der Waals surface area contributed by atoms with Crippen LogP contribution in [0.4, 0.5) is 5.69 Å². The quantitative estimate of drug-likeness (QED) is 0.128. The molecule has 2 N–H and O–H groups in total. The van der Waals surface area contributed by atoms with Crippen molar-refractivity contribution < 1.29 is 19.1 Å². The molecule has 196 valence electrons. The van der Waals surface area contributed by atoms with E-state index in [1.54, 1.807) is 84.9 Å². The minimum absolute atomic E-state index is 0.0420. The fourth-order valence-corrected chi connectivity index (χ4v) is 4.74. The van der Waals surface area contributed by atoms with E-state index < -0.39 is 11.8 Å². The van der Waals surface area contributed by atoms with Crippen molar-refractivity contribution in [1.82, 2.24) is 5.32 Å². The number of rotatable bonds is 10. The van der Waals surface area contributed by atoms with E-state index in [2.05, 4.69) is 10.6 Å². The van der Waals surface area contributed by atoms with Gasteiger partial charge in [0.2, 0.25) is 0 Å². The molecule has 0 atom stereocenters. The van der Waals surface area contributed by atoms with Gasteiger partial charge in [0.15, 0.2) is 5.78 Å². The smallest absolute Gasteiger partial charge is 0.272 e. The van der Waals surface area contributed by atoms with Crippen LogP contribution in [0.5, 0.6) is 5.75 Å². The van der Waals surface area contributed by atoms with E-state index in [1.807, 2.05) is 24.3 Å². The zero-order chi connectivity index (χ0) is 27.6. The van der Waals surface area contributed by atoms with Crippen LogP contribution in [0.2, 0.25) is 5.02 Å². The largest absolute Gasteiger partial charge is 0.496 e. The van der Waals surface area contributed by atoms with Crippen molar-refractivity contribution in [3.05, 3.63) is 131 Å². The van der Waals surface area contributed by atoms with E-state index in [0.29, 0.717) is 33.1 Å². The van der Waals surface area contributed by atoms with E-state index in [4.69, 9.17) is 16.3 Å². The molecule has 0 heterocycles. The molecule has 0 aliphatic heterocycles. The number of ketones is 1. The number of methoxy groups -OCH3 is 1. The molecule has 0 aromatic heterocycles. The second-order valence-corrected chi connectivity index (χ2v) is 9.75. The zero-order valence-corrected chi connectivity index (χ0v) is 22.6. The number of halogens is 1. The topological polar surface area (TPSA) is 84.5 Å². The molecule has 0 spiro atoms. The number of thioether (sulfide) groups is 1. The Morgan fingerprint density at radius 3 is 2.36 bits per heavy atom. The van der Waals surface area contributed by atoms with Crippen LogP contribution in [0.15, 0.2) is 114 Å². The van der Waals surface area contributed by atoms with Gasteiger partial charge in [-0.15, -0.1) is 11.8 Å². The van der Waals surface area contributed by atoms with Crippen molar-refractivity contribution in [2.75, 3.05) is 18.2 Å². The van der Waals surface area contributed by atoms with Crippen LogP contribution in [0.3, 0.4) is 0 Å². The number of hydrogen-bond donors (Lipinski definition) is 2. The number of carbonyl (C=O) groups is 3. The highest BCUT2D eigenvalue weighted by Crippen LogP contribution is 2.25. The van der Waals surface area contributed by atoms with Crippen molar-refractivity contribution in [2.45, 2.75) is 4.90 Å². The van der Waals surface area contributed by atoms with E-state index in [0.717, 1.165) is 4.90 Å². The van der Waals surface area contributed by atoms with Gasteiger partial charge in [0.05, 0.1) is 17.9 Å². The second-order valence-electron chi connectivity index (χ2n) is 8.29. The molecule has 0 saturated heterocycles. The van der Waals surface area contributed by atoms with Crippen molar-refractivity contribution in [2.24, 2.45) is 0 Å². The van der Waals surface area contributed by atoms with E-state index in [9.17, 15) is 14.4 Å². The molecule has 0 radical (unpaired) electrons. The summed E-state index contributed by atoms with van der Waals surface area (Å²) in [6.45, 7) is 0. The van der Waals surface area contributed by atoms with Crippen molar-refractivity contribution >= 4 is 52.7 Å². The Balaban J connectivity index is 1.52. The molecule has 0 saturated carbocycles. The summed E-state index contributed by atoms with van der Waals surface area (Å²) in [4.78, 5) is 39.7. The molecule has 0 fully saturated rings. The lowest BCUT2D eigenvalue weighted by Crippen LogP contribution is -2.30. The first-order valence-corrected chi connectivity index (χ1v) is 13.3. The lowest BCUT2D eigenvalue weighted by molar-refractivity contribution is -0.113. The van der Waals surface area contributed by atoms with Gasteiger partial charge in [-0.2, -0.15) is 0 Å². The number of carbonyl (C=O) groups excluding carboxylic acids is 3. The first kappa shape index (κ1) is 27.7. The van der Waals surface area contributed by atoms with Gasteiger partial charge in [-0.25, -0.2) is 0 Å². The number of amides is 2. The van der Waals surface area contributed by atoms with Crippen molar-refractivity contribution in [3.8, 4) is 5.75 Å². The summed E-state index contributed by atoms with van der Waals surface area (Å²) in [6, 6.07) is 29.9. The van der Waals surface area contributed by atoms with E-state index in [-0.39, 0.29) is 17.2 Å². The summed E-state index contributed by atoms with van der Waals surface area (Å²) in [7, 11) is 1.54. The Morgan fingerprint density at radius 2 is 1.59 bits per heavy atom. The predicted octanol–water partition coefficient (Wildman–Crippen LogP) is 6.73. The van der Waals surface area contributed by atoms with Crippen molar-refractivity contribution in [3.63, 3.8) is 0 Å². The summed E-state index contributed by atoms with van der Waals surface area (Å²) in [6.07, 6.45) is 1.57. The highest BCUT2D eigenvalue weighted by Gasteiger charge is 2.17. The third-order valence-corrected chi connectivity index (χ3v) is 6.93. The summed E-state index contributed by atoms with van der Waals surface area (Å²) in [5.41, 5.74) is 2.06. The first-order valence-electron chi connectivity index (χ1n) is 12.0. The molecule has 0 aliphatic carbocycles. The monoisotopic (exact) mass is 556 g/mol.